The number of amides is 1. The average Bonchev–Trinajstić information content (AvgIpc) is 3.35. The molecule has 0 atom stereocenters. The summed E-state index contributed by atoms with van der Waals surface area (Å²) in [6.07, 6.45) is 5.87. The topological polar surface area (TPSA) is 63.0 Å². The van der Waals surface area contributed by atoms with Gasteiger partial charge in [0.15, 0.2) is 0 Å². The first-order chi connectivity index (χ1) is 15.2. The number of benzene rings is 2. The molecule has 5 rings (SSSR count). The Morgan fingerprint density at radius 1 is 1.03 bits per heavy atom. The maximum Gasteiger partial charge on any atom is 0.329 e. The van der Waals surface area contributed by atoms with E-state index in [1.54, 1.807) is 9.13 Å². The Bertz CT molecular complexity index is 1350. The summed E-state index contributed by atoms with van der Waals surface area (Å²) in [5.74, 6) is -0.0178. The van der Waals surface area contributed by atoms with Crippen molar-refractivity contribution in [1.29, 1.82) is 0 Å². The number of aryl methyl sites for hydroxylation is 1. The number of nitrogens with zero attached hydrogens (tertiary/aromatic N) is 3. The lowest BCUT2D eigenvalue weighted by molar-refractivity contribution is -0.131. The molecule has 0 fully saturated rings. The van der Waals surface area contributed by atoms with Gasteiger partial charge in [-0.1, -0.05) is 43.3 Å². The first-order valence-electron chi connectivity index (χ1n) is 10.9. The van der Waals surface area contributed by atoms with Gasteiger partial charge in [-0.25, -0.2) is 4.79 Å². The molecular formula is C25H26N4O2. The highest BCUT2D eigenvalue weighted by Crippen LogP contribution is 2.29. The number of rotatable bonds is 5. The third-order valence-electron chi connectivity index (χ3n) is 6.16. The normalized spacial score (nSPS) is 14.4. The van der Waals surface area contributed by atoms with Gasteiger partial charge in [0.1, 0.15) is 6.54 Å². The maximum atomic E-state index is 13.1. The molecule has 1 amide bonds. The van der Waals surface area contributed by atoms with E-state index in [0.29, 0.717) is 19.6 Å². The van der Waals surface area contributed by atoms with Gasteiger partial charge < -0.3 is 9.88 Å². The molecule has 0 unspecified atom stereocenters. The molecule has 2 aromatic heterocycles. The summed E-state index contributed by atoms with van der Waals surface area (Å²) >= 11 is 0. The van der Waals surface area contributed by atoms with Crippen molar-refractivity contribution in [2.45, 2.75) is 32.9 Å². The molecule has 0 saturated heterocycles. The summed E-state index contributed by atoms with van der Waals surface area (Å²) in [6, 6.07) is 16.0. The highest BCUT2D eigenvalue weighted by atomic mass is 16.2. The van der Waals surface area contributed by atoms with E-state index < -0.39 is 0 Å². The molecule has 158 valence electrons. The van der Waals surface area contributed by atoms with Crippen LogP contribution in [0.2, 0.25) is 0 Å². The Kier molecular flexibility index (Phi) is 4.98. The van der Waals surface area contributed by atoms with E-state index in [1.165, 1.54) is 16.5 Å². The Balaban J connectivity index is 1.37. The summed E-state index contributed by atoms with van der Waals surface area (Å²) < 4.78 is 3.39. The van der Waals surface area contributed by atoms with Gasteiger partial charge in [-0.2, -0.15) is 0 Å². The predicted molar refractivity (Wildman–Crippen MR) is 124 cm³/mol. The van der Waals surface area contributed by atoms with Crippen molar-refractivity contribution in [3.63, 3.8) is 0 Å². The Morgan fingerprint density at radius 2 is 1.77 bits per heavy atom. The number of para-hydroxylation sites is 3. The van der Waals surface area contributed by atoms with Crippen LogP contribution in [0.4, 0.5) is 0 Å². The number of hydrogen-bond acceptors (Lipinski definition) is 2. The number of hydrogen-bond donors (Lipinski definition) is 1. The minimum atomic E-state index is -0.108. The minimum Gasteiger partial charge on any atom is -0.361 e. The first-order valence-corrected chi connectivity index (χ1v) is 10.9. The van der Waals surface area contributed by atoms with Crippen LogP contribution in [-0.2, 0) is 17.9 Å². The van der Waals surface area contributed by atoms with E-state index in [4.69, 9.17) is 0 Å². The largest absolute Gasteiger partial charge is 0.361 e. The molecule has 31 heavy (non-hydrogen) atoms. The van der Waals surface area contributed by atoms with Crippen molar-refractivity contribution in [1.82, 2.24) is 19.0 Å². The van der Waals surface area contributed by atoms with E-state index in [2.05, 4.69) is 36.3 Å². The summed E-state index contributed by atoms with van der Waals surface area (Å²) in [6.45, 7) is 4.00. The molecule has 4 aromatic rings. The molecule has 1 aliphatic heterocycles. The molecule has 6 heteroatoms. The summed E-state index contributed by atoms with van der Waals surface area (Å²) in [7, 11) is 0. The molecule has 6 nitrogen and oxygen atoms in total. The van der Waals surface area contributed by atoms with Gasteiger partial charge in [0.2, 0.25) is 5.91 Å². The lowest BCUT2D eigenvalue weighted by atomic mass is 9.99. The molecule has 1 aliphatic rings. The van der Waals surface area contributed by atoms with Crippen molar-refractivity contribution in [3.05, 3.63) is 76.9 Å². The Morgan fingerprint density at radius 3 is 2.52 bits per heavy atom. The molecule has 3 heterocycles. The van der Waals surface area contributed by atoms with Crippen LogP contribution in [0.25, 0.3) is 27.5 Å². The zero-order valence-corrected chi connectivity index (χ0v) is 17.7. The smallest absolute Gasteiger partial charge is 0.329 e. The van der Waals surface area contributed by atoms with Crippen LogP contribution in [0.5, 0.6) is 0 Å². The number of imidazole rings is 1. The van der Waals surface area contributed by atoms with Gasteiger partial charge in [-0.15, -0.1) is 0 Å². The van der Waals surface area contributed by atoms with Crippen LogP contribution >= 0.6 is 0 Å². The number of aromatic amines is 1. The van der Waals surface area contributed by atoms with Gasteiger partial charge in [0.25, 0.3) is 0 Å². The summed E-state index contributed by atoms with van der Waals surface area (Å²) in [4.78, 5) is 31.2. The molecule has 0 bridgehead atoms. The summed E-state index contributed by atoms with van der Waals surface area (Å²) in [5, 5.41) is 1.21. The zero-order valence-electron chi connectivity index (χ0n) is 17.7. The van der Waals surface area contributed by atoms with Crippen LogP contribution in [0.15, 0.2) is 65.6 Å². The fourth-order valence-electron chi connectivity index (χ4n) is 4.58. The summed E-state index contributed by atoms with van der Waals surface area (Å²) in [5.41, 5.74) is 5.20. The van der Waals surface area contributed by atoms with Crippen LogP contribution in [0.3, 0.4) is 0 Å². The minimum absolute atomic E-state index is 0.0178. The van der Waals surface area contributed by atoms with Crippen LogP contribution in [0, 0.1) is 0 Å². The van der Waals surface area contributed by atoms with E-state index in [1.807, 2.05) is 41.3 Å². The van der Waals surface area contributed by atoms with Crippen LogP contribution in [-0.4, -0.2) is 38.0 Å². The molecule has 0 spiro atoms. The predicted octanol–water partition coefficient (Wildman–Crippen LogP) is 4.01. The third kappa shape index (κ3) is 3.38. The zero-order chi connectivity index (χ0) is 21.4. The monoisotopic (exact) mass is 414 g/mol. The number of fused-ring (bicyclic) bond motifs is 2. The standard InChI is InChI=1S/C25H26N4O2/c1-2-13-28-22-9-5-6-10-23(22)29(25(28)31)17-24(30)27-14-11-18(12-15-27)20-16-26-21-8-4-3-7-19(20)21/h3-11,16,26H,2,12-15,17H2,1H3. The van der Waals surface area contributed by atoms with Crippen LogP contribution < -0.4 is 5.69 Å². The van der Waals surface area contributed by atoms with Gasteiger partial charge in [0.05, 0.1) is 11.0 Å². The lowest BCUT2D eigenvalue weighted by Gasteiger charge is -2.26. The van der Waals surface area contributed by atoms with Crippen molar-refractivity contribution < 1.29 is 4.79 Å². The SMILES string of the molecule is CCCn1c(=O)n(CC(=O)N2CC=C(c3c[nH]c4ccccc34)CC2)c2ccccc21. The molecule has 0 radical (unpaired) electrons. The maximum absolute atomic E-state index is 13.1. The van der Waals surface area contributed by atoms with Crippen molar-refractivity contribution in [2.75, 3.05) is 13.1 Å². The number of H-pyrrole nitrogens is 1. The van der Waals surface area contributed by atoms with Gasteiger partial charge >= 0.3 is 5.69 Å². The second-order valence-electron chi connectivity index (χ2n) is 8.08. The Labute approximate surface area is 180 Å². The Hall–Kier alpha value is -3.54. The van der Waals surface area contributed by atoms with Gasteiger partial charge in [-0.05, 0) is 36.6 Å². The first kappa shape index (κ1) is 19.4. The van der Waals surface area contributed by atoms with Crippen molar-refractivity contribution in [2.24, 2.45) is 0 Å². The quantitative estimate of drug-likeness (QED) is 0.536. The lowest BCUT2D eigenvalue weighted by Crippen LogP contribution is -2.39. The highest BCUT2D eigenvalue weighted by molar-refractivity contribution is 5.93. The van der Waals surface area contributed by atoms with E-state index in [0.717, 1.165) is 29.4 Å². The highest BCUT2D eigenvalue weighted by Gasteiger charge is 2.22. The third-order valence-corrected chi connectivity index (χ3v) is 6.16. The fraction of sp³-hybridized carbons (Fsp3) is 0.280. The van der Waals surface area contributed by atoms with E-state index in [9.17, 15) is 9.59 Å². The van der Waals surface area contributed by atoms with Crippen molar-refractivity contribution in [3.8, 4) is 0 Å². The number of aromatic nitrogens is 3. The number of nitrogens with one attached hydrogen (secondary N) is 1. The fourth-order valence-corrected chi connectivity index (χ4v) is 4.58. The molecule has 1 N–H and O–H groups in total. The van der Waals surface area contributed by atoms with E-state index >= 15 is 0 Å². The second-order valence-corrected chi connectivity index (χ2v) is 8.08. The van der Waals surface area contributed by atoms with Crippen LogP contribution in [0.1, 0.15) is 25.3 Å². The molecule has 0 saturated carbocycles. The molecule has 0 aliphatic carbocycles. The van der Waals surface area contributed by atoms with Gasteiger partial charge in [0, 0.05) is 42.3 Å². The molecular weight excluding hydrogens is 388 g/mol. The second kappa shape index (κ2) is 7.95. The molecule has 2 aromatic carbocycles. The van der Waals surface area contributed by atoms with E-state index in [-0.39, 0.29) is 18.1 Å². The van der Waals surface area contributed by atoms with Crippen molar-refractivity contribution >= 4 is 33.4 Å². The average molecular weight is 415 g/mol. The van der Waals surface area contributed by atoms with Gasteiger partial charge in [-0.3, -0.25) is 13.9 Å². The number of carbonyl (C=O) groups excluding carboxylic acids is 1. The number of carbonyl (C=O) groups is 1.